The maximum atomic E-state index is 13.9. The van der Waals surface area contributed by atoms with Crippen LogP contribution in [0.2, 0.25) is 0 Å². The van der Waals surface area contributed by atoms with Gasteiger partial charge < -0.3 is 24.4 Å². The highest BCUT2D eigenvalue weighted by atomic mass is 16.5. The maximum Gasteiger partial charge on any atom is 0.247 e. The third-order valence-corrected chi connectivity index (χ3v) is 5.70. The van der Waals surface area contributed by atoms with Gasteiger partial charge in [0.15, 0.2) is 11.5 Å². The Morgan fingerprint density at radius 3 is 2.51 bits per heavy atom. The number of methoxy groups -OCH3 is 2. The Morgan fingerprint density at radius 2 is 1.84 bits per heavy atom. The van der Waals surface area contributed by atoms with E-state index >= 15 is 0 Å². The van der Waals surface area contributed by atoms with Gasteiger partial charge in [-0.05, 0) is 52.3 Å². The second-order valence-electron chi connectivity index (χ2n) is 9.60. The first-order chi connectivity index (χ1) is 17.7. The van der Waals surface area contributed by atoms with Crippen LogP contribution < -0.4 is 14.8 Å². The fraction of sp³-hybridized carbons (Fsp3) is 0.481. The number of rotatable bonds is 12. The molecule has 1 aromatic heterocycles. The summed E-state index contributed by atoms with van der Waals surface area (Å²) >= 11 is 0. The molecule has 0 bridgehead atoms. The van der Waals surface area contributed by atoms with E-state index in [1.54, 1.807) is 27.8 Å². The number of fused-ring (bicyclic) bond motifs is 1. The average molecular weight is 512 g/mol. The van der Waals surface area contributed by atoms with Crippen LogP contribution in [0.4, 0.5) is 0 Å². The van der Waals surface area contributed by atoms with E-state index in [0.717, 1.165) is 5.52 Å². The molecule has 200 valence electrons. The number of ether oxygens (including phenoxy) is 3. The summed E-state index contributed by atoms with van der Waals surface area (Å²) < 4.78 is 18.2. The van der Waals surface area contributed by atoms with E-state index in [2.05, 4.69) is 15.6 Å². The van der Waals surface area contributed by atoms with E-state index in [-0.39, 0.29) is 24.9 Å². The number of carbonyl (C=O) groups excluding carboxylic acids is 2. The molecule has 1 heterocycles. The van der Waals surface area contributed by atoms with Crippen molar-refractivity contribution in [2.24, 2.45) is 0 Å². The molecule has 3 aromatic rings. The molecule has 0 fully saturated rings. The molecule has 0 aliphatic carbocycles. The second-order valence-corrected chi connectivity index (χ2v) is 9.60. The summed E-state index contributed by atoms with van der Waals surface area (Å²) in [6.45, 7) is 8.83. The molecule has 2 amide bonds. The quantitative estimate of drug-likeness (QED) is 0.372. The normalized spacial score (nSPS) is 12.3. The van der Waals surface area contributed by atoms with Crippen molar-refractivity contribution < 1.29 is 23.8 Å². The van der Waals surface area contributed by atoms with Crippen LogP contribution in [0.25, 0.3) is 11.0 Å². The lowest BCUT2D eigenvalue weighted by molar-refractivity contribution is -0.142. The summed E-state index contributed by atoms with van der Waals surface area (Å²) in [5.41, 5.74) is 1.43. The first-order valence-corrected chi connectivity index (χ1v) is 12.4. The fourth-order valence-electron chi connectivity index (χ4n) is 4.15. The number of aromatic nitrogens is 3. The third-order valence-electron chi connectivity index (χ3n) is 5.70. The van der Waals surface area contributed by atoms with E-state index < -0.39 is 11.6 Å². The van der Waals surface area contributed by atoms with Crippen molar-refractivity contribution in [1.29, 1.82) is 0 Å². The number of hydrogen-bond acceptors (Lipinski definition) is 7. The van der Waals surface area contributed by atoms with Crippen molar-refractivity contribution in [2.45, 2.75) is 52.2 Å². The number of benzene rings is 2. The lowest BCUT2D eigenvalue weighted by Gasteiger charge is -2.34. The molecule has 0 saturated heterocycles. The van der Waals surface area contributed by atoms with Gasteiger partial charge in [0.1, 0.15) is 18.1 Å². The van der Waals surface area contributed by atoms with Gasteiger partial charge in [0, 0.05) is 30.9 Å². The van der Waals surface area contributed by atoms with Crippen LogP contribution >= 0.6 is 0 Å². The molecule has 2 aromatic carbocycles. The van der Waals surface area contributed by atoms with E-state index in [4.69, 9.17) is 14.2 Å². The molecule has 10 nitrogen and oxygen atoms in total. The number of nitrogens with one attached hydrogen (secondary N) is 1. The summed E-state index contributed by atoms with van der Waals surface area (Å²) in [6.07, 6.45) is 0.545. The van der Waals surface area contributed by atoms with E-state index in [0.29, 0.717) is 42.2 Å². The summed E-state index contributed by atoms with van der Waals surface area (Å²) in [7, 11) is 3.05. The smallest absolute Gasteiger partial charge is 0.247 e. The Balaban J connectivity index is 2.07. The van der Waals surface area contributed by atoms with Gasteiger partial charge in [0.25, 0.3) is 0 Å². The summed E-state index contributed by atoms with van der Waals surface area (Å²) in [5.74, 6) is 0.253. The van der Waals surface area contributed by atoms with Gasteiger partial charge in [-0.1, -0.05) is 29.5 Å². The molecule has 10 heteroatoms. The number of hydrogen-bond donors (Lipinski definition) is 1. The zero-order valence-electron chi connectivity index (χ0n) is 22.5. The fourth-order valence-corrected chi connectivity index (χ4v) is 4.15. The van der Waals surface area contributed by atoms with Crippen LogP contribution in [0, 0.1) is 0 Å². The van der Waals surface area contributed by atoms with Gasteiger partial charge in [-0.3, -0.25) is 9.59 Å². The standard InChI is InChI=1S/C27H37N5O5/c1-7-37-17-11-16-31(23(33)18-32-21-14-9-8-13-20(21)29-30-32)24(26(34)28-27(2,3)4)19-12-10-15-22(35-5)25(19)36-6/h8-10,12-15,24H,7,11,16-18H2,1-6H3,(H,28,34)/t24-/m1/s1. The van der Waals surface area contributed by atoms with Gasteiger partial charge in [-0.2, -0.15) is 0 Å². The zero-order valence-corrected chi connectivity index (χ0v) is 22.5. The first-order valence-electron chi connectivity index (χ1n) is 12.4. The summed E-state index contributed by atoms with van der Waals surface area (Å²) in [4.78, 5) is 29.3. The summed E-state index contributed by atoms with van der Waals surface area (Å²) in [6, 6.07) is 11.8. The minimum absolute atomic E-state index is 0.0826. The molecule has 0 saturated carbocycles. The average Bonchev–Trinajstić information content (AvgIpc) is 3.27. The van der Waals surface area contributed by atoms with Crippen molar-refractivity contribution in [3.8, 4) is 11.5 Å². The third kappa shape index (κ3) is 6.97. The zero-order chi connectivity index (χ0) is 27.0. The maximum absolute atomic E-state index is 13.9. The Hall–Kier alpha value is -3.66. The molecular formula is C27H37N5O5. The minimum Gasteiger partial charge on any atom is -0.493 e. The van der Waals surface area contributed by atoms with E-state index in [1.807, 2.05) is 52.0 Å². The summed E-state index contributed by atoms with van der Waals surface area (Å²) in [5, 5.41) is 11.4. The highest BCUT2D eigenvalue weighted by Crippen LogP contribution is 2.37. The van der Waals surface area contributed by atoms with Crippen molar-refractivity contribution in [3.63, 3.8) is 0 Å². The van der Waals surface area contributed by atoms with Crippen LogP contribution in [0.1, 0.15) is 45.7 Å². The van der Waals surface area contributed by atoms with Crippen LogP contribution in [0.5, 0.6) is 11.5 Å². The van der Waals surface area contributed by atoms with Crippen LogP contribution in [-0.4, -0.2) is 71.2 Å². The van der Waals surface area contributed by atoms with E-state index in [1.165, 1.54) is 14.2 Å². The van der Waals surface area contributed by atoms with Gasteiger partial charge >= 0.3 is 0 Å². The lowest BCUT2D eigenvalue weighted by Crippen LogP contribution is -2.50. The van der Waals surface area contributed by atoms with E-state index in [9.17, 15) is 9.59 Å². The van der Waals surface area contributed by atoms with Crippen molar-refractivity contribution in [3.05, 3.63) is 48.0 Å². The highest BCUT2D eigenvalue weighted by Gasteiger charge is 2.36. The molecular weight excluding hydrogens is 474 g/mol. The van der Waals surface area contributed by atoms with Crippen molar-refractivity contribution >= 4 is 22.8 Å². The van der Waals surface area contributed by atoms with Crippen LogP contribution in [0.15, 0.2) is 42.5 Å². The number of nitrogens with zero attached hydrogens (tertiary/aromatic N) is 4. The Morgan fingerprint density at radius 1 is 1.08 bits per heavy atom. The molecule has 1 N–H and O–H groups in total. The number of para-hydroxylation sites is 2. The Kier molecular flexibility index (Phi) is 9.46. The first kappa shape index (κ1) is 27.9. The topological polar surface area (TPSA) is 108 Å². The van der Waals surface area contributed by atoms with Gasteiger partial charge in [-0.15, -0.1) is 5.10 Å². The number of carbonyl (C=O) groups is 2. The predicted molar refractivity (Wildman–Crippen MR) is 141 cm³/mol. The van der Waals surface area contributed by atoms with Crippen molar-refractivity contribution in [2.75, 3.05) is 34.0 Å². The molecule has 1 atom stereocenters. The molecule has 0 radical (unpaired) electrons. The van der Waals surface area contributed by atoms with Gasteiger partial charge in [-0.25, -0.2) is 4.68 Å². The lowest BCUT2D eigenvalue weighted by atomic mass is 9.99. The van der Waals surface area contributed by atoms with Crippen molar-refractivity contribution in [1.82, 2.24) is 25.2 Å². The SMILES string of the molecule is CCOCCCN(C(=O)Cn1nnc2ccccc21)[C@@H](C(=O)NC(C)(C)C)c1cccc(OC)c1OC. The predicted octanol–water partition coefficient (Wildman–Crippen LogP) is 3.36. The molecule has 0 unspecified atom stereocenters. The minimum atomic E-state index is -0.979. The monoisotopic (exact) mass is 511 g/mol. The van der Waals surface area contributed by atoms with Gasteiger partial charge in [0.2, 0.25) is 11.8 Å². The van der Waals surface area contributed by atoms with Crippen LogP contribution in [0.3, 0.4) is 0 Å². The van der Waals surface area contributed by atoms with Gasteiger partial charge in [0.05, 0.1) is 19.7 Å². The second kappa shape index (κ2) is 12.5. The molecule has 0 aliphatic heterocycles. The Bertz CT molecular complexity index is 1200. The molecule has 0 aliphatic rings. The molecule has 37 heavy (non-hydrogen) atoms. The Labute approximate surface area is 217 Å². The largest absolute Gasteiger partial charge is 0.493 e. The molecule has 0 spiro atoms. The van der Waals surface area contributed by atoms with Crippen LogP contribution in [-0.2, 0) is 20.9 Å². The number of amides is 2. The molecule has 3 rings (SSSR count). The highest BCUT2D eigenvalue weighted by molar-refractivity contribution is 5.90.